The number of carbonyl (C=O) groups is 1. The Morgan fingerprint density at radius 1 is 1.21 bits per heavy atom. The molecule has 2 rings (SSSR count). The maximum absolute atomic E-state index is 11.7. The fourth-order valence-electron chi connectivity index (χ4n) is 2.34. The molecule has 2 aliphatic heterocycles. The molecule has 0 aromatic heterocycles. The van der Waals surface area contributed by atoms with Gasteiger partial charge in [-0.15, -0.1) is 0 Å². The van der Waals surface area contributed by atoms with E-state index in [-0.39, 0.29) is 12.2 Å². The van der Waals surface area contributed by atoms with Crippen LogP contribution in [0, 0.1) is 0 Å². The predicted octanol–water partition coefficient (Wildman–Crippen LogP) is 1.95. The van der Waals surface area contributed by atoms with Gasteiger partial charge in [0.05, 0.1) is 0 Å². The fraction of sp³-hybridized carbons (Fsp3) is 0.929. The summed E-state index contributed by atoms with van der Waals surface area (Å²) in [7, 11) is 3.08. The average molecular weight is 274 g/mol. The van der Waals surface area contributed by atoms with Crippen molar-refractivity contribution in [2.45, 2.75) is 52.2 Å². The van der Waals surface area contributed by atoms with Crippen LogP contribution in [0.2, 0.25) is 0 Å². The van der Waals surface area contributed by atoms with E-state index in [1.165, 1.54) is 0 Å². The van der Waals surface area contributed by atoms with Crippen molar-refractivity contribution in [1.29, 1.82) is 0 Å². The minimum atomic E-state index is -0.111. The molecular formula is C14H30N2O3. The second-order valence-corrected chi connectivity index (χ2v) is 4.72. The second-order valence-electron chi connectivity index (χ2n) is 4.72. The molecule has 1 unspecified atom stereocenters. The fourth-order valence-corrected chi connectivity index (χ4v) is 2.34. The molecule has 0 radical (unpaired) electrons. The van der Waals surface area contributed by atoms with Crippen molar-refractivity contribution in [3.05, 3.63) is 0 Å². The number of aliphatic hydroxyl groups is 1. The highest BCUT2D eigenvalue weighted by molar-refractivity contribution is 5.68. The quantitative estimate of drug-likeness (QED) is 0.794. The van der Waals surface area contributed by atoms with Crippen LogP contribution in [-0.4, -0.2) is 66.9 Å². The minimum absolute atomic E-state index is 0.0955. The van der Waals surface area contributed by atoms with Crippen LogP contribution >= 0.6 is 0 Å². The number of carbonyl (C=O) groups excluding carboxylic acids is 1. The number of likely N-dealkylation sites (tertiary alicyclic amines) is 2. The molecule has 2 atom stereocenters. The summed E-state index contributed by atoms with van der Waals surface area (Å²) in [5.41, 5.74) is 0. The Bertz CT molecular complexity index is 233. The van der Waals surface area contributed by atoms with Crippen molar-refractivity contribution in [3.8, 4) is 0 Å². The molecule has 1 amide bonds. The first-order chi connectivity index (χ1) is 9.16. The third-order valence-corrected chi connectivity index (χ3v) is 3.48. The number of nitrogens with zero attached hydrogens (tertiary/aromatic N) is 2. The van der Waals surface area contributed by atoms with Crippen LogP contribution in [0.15, 0.2) is 0 Å². The summed E-state index contributed by atoms with van der Waals surface area (Å²) in [5, 5.41) is 7.00. The third-order valence-electron chi connectivity index (χ3n) is 3.48. The van der Waals surface area contributed by atoms with Crippen LogP contribution in [0.3, 0.4) is 0 Å². The Labute approximate surface area is 117 Å². The van der Waals surface area contributed by atoms with Gasteiger partial charge in [0, 0.05) is 39.2 Å². The van der Waals surface area contributed by atoms with Gasteiger partial charge in [0.25, 0.3) is 0 Å². The molecule has 2 fully saturated rings. The van der Waals surface area contributed by atoms with E-state index < -0.39 is 0 Å². The summed E-state index contributed by atoms with van der Waals surface area (Å²) in [6.45, 7) is 8.79. The molecule has 0 bridgehead atoms. The molecule has 114 valence electrons. The molecule has 0 spiro atoms. The van der Waals surface area contributed by atoms with Crippen LogP contribution < -0.4 is 0 Å². The number of ether oxygens (including phenoxy) is 1. The molecule has 0 saturated carbocycles. The van der Waals surface area contributed by atoms with E-state index >= 15 is 0 Å². The summed E-state index contributed by atoms with van der Waals surface area (Å²) in [6.07, 6.45) is 3.19. The molecule has 0 aromatic carbocycles. The lowest BCUT2D eigenvalue weighted by Crippen LogP contribution is -2.32. The minimum Gasteiger partial charge on any atom is -0.445 e. The summed E-state index contributed by atoms with van der Waals surface area (Å²) in [5.74, 6) is 0. The largest absolute Gasteiger partial charge is 0.445 e. The van der Waals surface area contributed by atoms with Crippen molar-refractivity contribution in [3.63, 3.8) is 0 Å². The highest BCUT2D eigenvalue weighted by Crippen LogP contribution is 2.19. The third kappa shape index (κ3) is 5.78. The Morgan fingerprint density at radius 2 is 1.74 bits per heavy atom. The highest BCUT2D eigenvalue weighted by Gasteiger charge is 2.30. The Hall–Kier alpha value is -0.810. The van der Waals surface area contributed by atoms with Gasteiger partial charge in [-0.25, -0.2) is 4.79 Å². The molecular weight excluding hydrogens is 244 g/mol. The smallest absolute Gasteiger partial charge is 0.410 e. The predicted molar refractivity (Wildman–Crippen MR) is 77.3 cm³/mol. The summed E-state index contributed by atoms with van der Waals surface area (Å²) in [4.78, 5) is 15.8. The van der Waals surface area contributed by atoms with Crippen LogP contribution in [0.4, 0.5) is 4.79 Å². The van der Waals surface area contributed by atoms with Crippen molar-refractivity contribution >= 4 is 6.09 Å². The maximum atomic E-state index is 11.7. The molecule has 0 aromatic rings. The van der Waals surface area contributed by atoms with E-state index in [2.05, 4.69) is 18.9 Å². The van der Waals surface area contributed by atoms with Gasteiger partial charge < -0.3 is 14.7 Å². The SMILES string of the molecule is CC.CO.C[C@@H]1CC(OC(=O)N2CCCC2)CN1C. The standard InChI is InChI=1S/C11H20N2O2.C2H6.CH4O/c1-9-7-10(8-12(9)2)15-11(14)13-5-3-4-6-13;2*1-2/h9-10H,3-8H2,1-2H3;1-2H3;2H,1H3/t9-,10?;;/m1../s1. The lowest BCUT2D eigenvalue weighted by molar-refractivity contribution is 0.0729. The molecule has 19 heavy (non-hydrogen) atoms. The average Bonchev–Trinajstić information content (AvgIpc) is 3.06. The molecule has 1 N–H and O–H groups in total. The van der Waals surface area contributed by atoms with Crippen LogP contribution in [0.25, 0.3) is 0 Å². The number of hydrogen-bond donors (Lipinski definition) is 1. The van der Waals surface area contributed by atoms with Gasteiger partial charge in [-0.1, -0.05) is 13.8 Å². The molecule has 0 aliphatic carbocycles. The molecule has 5 nitrogen and oxygen atoms in total. The van der Waals surface area contributed by atoms with Crippen LogP contribution in [0.1, 0.15) is 40.0 Å². The van der Waals surface area contributed by atoms with E-state index in [9.17, 15) is 4.79 Å². The summed E-state index contributed by atoms with van der Waals surface area (Å²) < 4.78 is 5.48. The van der Waals surface area contributed by atoms with Gasteiger partial charge in [0.2, 0.25) is 0 Å². The Balaban J connectivity index is 0.000000741. The summed E-state index contributed by atoms with van der Waals surface area (Å²) >= 11 is 0. The highest BCUT2D eigenvalue weighted by atomic mass is 16.6. The van der Waals surface area contributed by atoms with Crippen molar-refractivity contribution < 1.29 is 14.6 Å². The first-order valence-corrected chi connectivity index (χ1v) is 7.27. The van der Waals surface area contributed by atoms with Gasteiger partial charge in [-0.2, -0.15) is 0 Å². The number of aliphatic hydroxyl groups excluding tert-OH is 1. The zero-order valence-corrected chi connectivity index (χ0v) is 13.1. The van der Waals surface area contributed by atoms with E-state index in [0.29, 0.717) is 6.04 Å². The monoisotopic (exact) mass is 274 g/mol. The van der Waals surface area contributed by atoms with Crippen LogP contribution in [-0.2, 0) is 4.74 Å². The van der Waals surface area contributed by atoms with E-state index in [0.717, 1.165) is 46.0 Å². The lowest BCUT2D eigenvalue weighted by atomic mass is 10.2. The normalized spacial score (nSPS) is 26.1. The molecule has 5 heteroatoms. The van der Waals surface area contributed by atoms with E-state index in [4.69, 9.17) is 9.84 Å². The van der Waals surface area contributed by atoms with Crippen molar-refractivity contribution in [2.24, 2.45) is 0 Å². The zero-order valence-electron chi connectivity index (χ0n) is 13.1. The lowest BCUT2D eigenvalue weighted by Gasteiger charge is -2.18. The van der Waals surface area contributed by atoms with Gasteiger partial charge in [-0.05, 0) is 26.8 Å². The number of likely N-dealkylation sites (N-methyl/N-ethyl adjacent to an activating group) is 1. The van der Waals surface area contributed by atoms with Crippen molar-refractivity contribution in [1.82, 2.24) is 9.80 Å². The van der Waals surface area contributed by atoms with E-state index in [1.54, 1.807) is 0 Å². The van der Waals surface area contributed by atoms with Crippen LogP contribution in [0.5, 0.6) is 0 Å². The second kappa shape index (κ2) is 10.0. The Morgan fingerprint density at radius 3 is 2.16 bits per heavy atom. The summed E-state index contributed by atoms with van der Waals surface area (Å²) in [6, 6.07) is 0.529. The molecule has 2 aliphatic rings. The molecule has 2 saturated heterocycles. The number of rotatable bonds is 1. The van der Waals surface area contributed by atoms with Gasteiger partial charge in [0.15, 0.2) is 0 Å². The topological polar surface area (TPSA) is 53.0 Å². The molecule has 2 heterocycles. The number of hydrogen-bond acceptors (Lipinski definition) is 4. The van der Waals surface area contributed by atoms with Gasteiger partial charge in [0.1, 0.15) is 6.10 Å². The maximum Gasteiger partial charge on any atom is 0.410 e. The first-order valence-electron chi connectivity index (χ1n) is 7.27. The van der Waals surface area contributed by atoms with E-state index in [1.807, 2.05) is 18.7 Å². The number of amides is 1. The van der Waals surface area contributed by atoms with Gasteiger partial charge in [-0.3, -0.25) is 4.90 Å². The van der Waals surface area contributed by atoms with Crippen molar-refractivity contribution in [2.75, 3.05) is 33.8 Å². The zero-order chi connectivity index (χ0) is 14.8. The Kier molecular flexibility index (Phi) is 9.61. The first kappa shape index (κ1) is 18.2. The van der Waals surface area contributed by atoms with Gasteiger partial charge >= 0.3 is 6.09 Å².